The largest absolute Gasteiger partial charge is 0.497 e. The molecular formula is C25H24BrNO4. The molecule has 2 aromatic carbocycles. The highest BCUT2D eigenvalue weighted by atomic mass is 79.9. The Bertz CT molecular complexity index is 1090. The molecule has 1 N–H and O–H groups in total. The second kappa shape index (κ2) is 8.71. The van der Waals surface area contributed by atoms with E-state index in [9.17, 15) is 9.59 Å². The van der Waals surface area contributed by atoms with Crippen LogP contribution in [-0.4, -0.2) is 26.0 Å². The van der Waals surface area contributed by atoms with E-state index in [0.29, 0.717) is 17.7 Å². The fourth-order valence-corrected chi connectivity index (χ4v) is 5.11. The zero-order valence-electron chi connectivity index (χ0n) is 17.6. The molecule has 1 aliphatic carbocycles. The molecule has 3 unspecified atom stereocenters. The maximum atomic E-state index is 13.5. The van der Waals surface area contributed by atoms with Gasteiger partial charge in [-0.1, -0.05) is 52.3 Å². The minimum atomic E-state index is -0.467. The molecule has 3 atom stereocenters. The number of ether oxygens (including phenoxy) is 2. The Labute approximate surface area is 190 Å². The van der Waals surface area contributed by atoms with E-state index in [2.05, 4.69) is 27.3 Å². The molecule has 0 fully saturated rings. The van der Waals surface area contributed by atoms with Crippen molar-refractivity contribution < 1.29 is 19.1 Å². The summed E-state index contributed by atoms with van der Waals surface area (Å²) in [4.78, 5) is 26.2. The predicted molar refractivity (Wildman–Crippen MR) is 122 cm³/mol. The minimum Gasteiger partial charge on any atom is -0.497 e. The molecule has 0 saturated carbocycles. The molecule has 0 saturated heterocycles. The van der Waals surface area contributed by atoms with Gasteiger partial charge in [0.25, 0.3) is 0 Å². The van der Waals surface area contributed by atoms with Crippen molar-refractivity contribution in [3.8, 4) is 5.75 Å². The van der Waals surface area contributed by atoms with Gasteiger partial charge in [0.2, 0.25) is 0 Å². The van der Waals surface area contributed by atoms with E-state index < -0.39 is 17.8 Å². The summed E-state index contributed by atoms with van der Waals surface area (Å²) < 4.78 is 11.2. The van der Waals surface area contributed by atoms with Crippen LogP contribution in [0.4, 0.5) is 0 Å². The van der Waals surface area contributed by atoms with Crippen LogP contribution in [0.3, 0.4) is 0 Å². The average Bonchev–Trinajstić information content (AvgIpc) is 2.78. The molecule has 2 aliphatic rings. The van der Waals surface area contributed by atoms with Crippen LogP contribution >= 0.6 is 15.9 Å². The van der Waals surface area contributed by atoms with E-state index in [0.717, 1.165) is 27.0 Å². The van der Waals surface area contributed by atoms with Crippen molar-refractivity contribution in [1.82, 2.24) is 5.32 Å². The number of Topliss-reactive ketones (excluding diaryl/α,β-unsaturated/α-hetero) is 1. The lowest BCUT2D eigenvalue weighted by molar-refractivity contribution is -0.136. The van der Waals surface area contributed by atoms with Crippen molar-refractivity contribution in [2.75, 3.05) is 14.2 Å². The number of methoxy groups -OCH3 is 2. The van der Waals surface area contributed by atoms with Crippen molar-refractivity contribution in [2.45, 2.75) is 25.2 Å². The minimum absolute atomic E-state index is 0.0375. The third kappa shape index (κ3) is 3.92. The third-order valence-corrected chi connectivity index (χ3v) is 6.78. The molecule has 0 spiro atoms. The third-order valence-electron chi connectivity index (χ3n) is 6.05. The van der Waals surface area contributed by atoms with Crippen molar-refractivity contribution >= 4 is 27.7 Å². The first-order valence-electron chi connectivity index (χ1n) is 10.1. The van der Waals surface area contributed by atoms with Gasteiger partial charge in [-0.25, -0.2) is 4.79 Å². The molecule has 0 aromatic heterocycles. The van der Waals surface area contributed by atoms with Crippen LogP contribution in [0, 0.1) is 5.92 Å². The molecular weight excluding hydrogens is 458 g/mol. The Morgan fingerprint density at radius 1 is 1.06 bits per heavy atom. The SMILES string of the molecule is COC(=O)C1=C(C)NC2=CC(c3ccc(OC)cc3)CC(=O)C2C1c1ccccc1Br. The summed E-state index contributed by atoms with van der Waals surface area (Å²) in [5.41, 5.74) is 3.99. The number of fused-ring (bicyclic) bond motifs is 1. The second-order valence-corrected chi connectivity index (χ2v) is 8.66. The van der Waals surface area contributed by atoms with Gasteiger partial charge in [0.1, 0.15) is 11.5 Å². The molecule has 5 nitrogen and oxygen atoms in total. The van der Waals surface area contributed by atoms with Crippen LogP contribution in [0.2, 0.25) is 0 Å². The highest BCUT2D eigenvalue weighted by molar-refractivity contribution is 9.10. The number of halogens is 1. The smallest absolute Gasteiger partial charge is 0.336 e. The zero-order chi connectivity index (χ0) is 22.1. The van der Waals surface area contributed by atoms with E-state index in [1.165, 1.54) is 7.11 Å². The molecule has 160 valence electrons. The number of carbonyl (C=O) groups is 2. The first-order chi connectivity index (χ1) is 14.9. The van der Waals surface area contributed by atoms with Crippen LogP contribution < -0.4 is 10.1 Å². The Kier molecular flexibility index (Phi) is 6.01. The lowest BCUT2D eigenvalue weighted by Gasteiger charge is -2.39. The highest BCUT2D eigenvalue weighted by Crippen LogP contribution is 2.47. The Hall–Kier alpha value is -2.86. The van der Waals surface area contributed by atoms with E-state index in [1.807, 2.05) is 55.5 Å². The van der Waals surface area contributed by atoms with Gasteiger partial charge in [0.15, 0.2) is 0 Å². The normalized spacial score (nSPS) is 22.9. The second-order valence-electron chi connectivity index (χ2n) is 7.80. The van der Waals surface area contributed by atoms with Gasteiger partial charge >= 0.3 is 5.97 Å². The Morgan fingerprint density at radius 2 is 1.77 bits per heavy atom. The standard InChI is InChI=1S/C25H24BrNO4/c1-14-22(25(29)31-3)23(18-6-4-5-7-19(18)26)24-20(27-14)12-16(13-21(24)28)15-8-10-17(30-2)11-9-15/h4-12,16,23-24,27H,13H2,1-3H3. The molecule has 2 aromatic rings. The fraction of sp³-hybridized carbons (Fsp3) is 0.280. The summed E-state index contributed by atoms with van der Waals surface area (Å²) in [5, 5.41) is 3.33. The van der Waals surface area contributed by atoms with E-state index in [-0.39, 0.29) is 11.7 Å². The molecule has 1 heterocycles. The molecule has 0 bridgehead atoms. The zero-order valence-corrected chi connectivity index (χ0v) is 19.2. The van der Waals surface area contributed by atoms with Crippen molar-refractivity contribution in [3.05, 3.63) is 87.2 Å². The summed E-state index contributed by atoms with van der Waals surface area (Å²) >= 11 is 3.61. The summed E-state index contributed by atoms with van der Waals surface area (Å²) in [7, 11) is 3.00. The van der Waals surface area contributed by atoms with Crippen molar-refractivity contribution in [1.29, 1.82) is 0 Å². The number of carbonyl (C=O) groups excluding carboxylic acids is 2. The van der Waals surface area contributed by atoms with Crippen LogP contribution in [0.5, 0.6) is 5.75 Å². The quantitative estimate of drug-likeness (QED) is 0.632. The lowest BCUT2D eigenvalue weighted by Crippen LogP contribution is -2.41. The molecule has 0 amide bonds. The van der Waals surface area contributed by atoms with Gasteiger partial charge in [-0.05, 0) is 36.2 Å². The van der Waals surface area contributed by atoms with Crippen LogP contribution in [0.25, 0.3) is 0 Å². The topological polar surface area (TPSA) is 64.6 Å². The Morgan fingerprint density at radius 3 is 2.42 bits per heavy atom. The monoisotopic (exact) mass is 481 g/mol. The molecule has 4 rings (SSSR count). The molecule has 6 heteroatoms. The number of esters is 1. The Balaban J connectivity index is 1.82. The number of hydrogen-bond donors (Lipinski definition) is 1. The molecule has 1 aliphatic heterocycles. The number of allylic oxidation sites excluding steroid dienone is 3. The van der Waals surface area contributed by atoms with Gasteiger partial charge in [0, 0.05) is 34.1 Å². The first kappa shape index (κ1) is 21.4. The van der Waals surface area contributed by atoms with Crippen LogP contribution in [0.15, 0.2) is 76.0 Å². The average molecular weight is 482 g/mol. The predicted octanol–water partition coefficient (Wildman–Crippen LogP) is 4.85. The summed E-state index contributed by atoms with van der Waals surface area (Å²) in [5.74, 6) is -0.464. The number of nitrogens with one attached hydrogen (secondary N) is 1. The van der Waals surface area contributed by atoms with Gasteiger partial charge in [-0.3, -0.25) is 4.79 Å². The summed E-state index contributed by atoms with van der Waals surface area (Å²) in [6.45, 7) is 1.86. The lowest BCUT2D eigenvalue weighted by atomic mass is 9.68. The summed E-state index contributed by atoms with van der Waals surface area (Å²) in [6.07, 6.45) is 2.49. The van der Waals surface area contributed by atoms with E-state index in [4.69, 9.17) is 9.47 Å². The van der Waals surface area contributed by atoms with E-state index >= 15 is 0 Å². The maximum Gasteiger partial charge on any atom is 0.336 e. The van der Waals surface area contributed by atoms with Gasteiger partial charge in [-0.2, -0.15) is 0 Å². The van der Waals surface area contributed by atoms with Crippen LogP contribution in [-0.2, 0) is 14.3 Å². The highest BCUT2D eigenvalue weighted by Gasteiger charge is 2.45. The van der Waals surface area contributed by atoms with Gasteiger partial charge in [-0.15, -0.1) is 0 Å². The van der Waals surface area contributed by atoms with Crippen molar-refractivity contribution in [3.63, 3.8) is 0 Å². The maximum absolute atomic E-state index is 13.5. The number of ketones is 1. The number of rotatable bonds is 4. The van der Waals surface area contributed by atoms with Crippen LogP contribution in [0.1, 0.15) is 36.3 Å². The molecule has 31 heavy (non-hydrogen) atoms. The fourth-order valence-electron chi connectivity index (χ4n) is 4.58. The van der Waals surface area contributed by atoms with E-state index in [1.54, 1.807) is 7.11 Å². The van der Waals surface area contributed by atoms with Gasteiger partial charge < -0.3 is 14.8 Å². The first-order valence-corrected chi connectivity index (χ1v) is 10.9. The van der Waals surface area contributed by atoms with Gasteiger partial charge in [0.05, 0.1) is 25.7 Å². The van der Waals surface area contributed by atoms with Crippen molar-refractivity contribution in [2.24, 2.45) is 5.92 Å². The number of hydrogen-bond acceptors (Lipinski definition) is 5. The molecule has 0 radical (unpaired) electrons. The summed E-state index contributed by atoms with van der Waals surface area (Å²) in [6, 6.07) is 15.5. The number of benzene rings is 2.